The number of ether oxygens (including phenoxy) is 1. The largest absolute Gasteiger partial charge is 0.488 e. The van der Waals surface area contributed by atoms with Crippen LogP contribution >= 0.6 is 34.0 Å². The van der Waals surface area contributed by atoms with E-state index in [0.717, 1.165) is 12.2 Å². The summed E-state index contributed by atoms with van der Waals surface area (Å²) in [7, 11) is 1.88. The smallest absolute Gasteiger partial charge is 0.145 e. The molecule has 1 aromatic rings. The van der Waals surface area contributed by atoms with E-state index in [1.54, 1.807) is 0 Å². The zero-order valence-electron chi connectivity index (χ0n) is 9.07. The molecule has 0 aliphatic carbocycles. The van der Waals surface area contributed by atoms with Crippen LogP contribution in [0.5, 0.6) is 5.75 Å². The van der Waals surface area contributed by atoms with E-state index >= 15 is 0 Å². The SMILES string of the molecule is Br.Br.CNC[C@H]1c2ncc(F)cc2O[C@@H]1C. The summed E-state index contributed by atoms with van der Waals surface area (Å²) in [6, 6.07) is 1.40. The van der Waals surface area contributed by atoms with Crippen LogP contribution in [0.2, 0.25) is 0 Å². The molecule has 0 bridgehead atoms. The van der Waals surface area contributed by atoms with Gasteiger partial charge < -0.3 is 10.1 Å². The van der Waals surface area contributed by atoms with E-state index in [9.17, 15) is 4.39 Å². The lowest BCUT2D eigenvalue weighted by Crippen LogP contribution is -2.24. The minimum Gasteiger partial charge on any atom is -0.488 e. The highest BCUT2D eigenvalue weighted by atomic mass is 79.9. The molecular formula is C10H15Br2FN2O. The predicted octanol–water partition coefficient (Wildman–Crippen LogP) is 2.46. The summed E-state index contributed by atoms with van der Waals surface area (Å²) in [5.41, 5.74) is 0.855. The second-order valence-corrected chi connectivity index (χ2v) is 3.52. The minimum atomic E-state index is -0.346. The van der Waals surface area contributed by atoms with Crippen molar-refractivity contribution in [2.45, 2.75) is 18.9 Å². The fourth-order valence-corrected chi connectivity index (χ4v) is 1.79. The lowest BCUT2D eigenvalue weighted by Gasteiger charge is -2.12. The third kappa shape index (κ3) is 2.93. The van der Waals surface area contributed by atoms with Crippen LogP contribution in [0.25, 0.3) is 0 Å². The van der Waals surface area contributed by atoms with E-state index in [4.69, 9.17) is 4.74 Å². The van der Waals surface area contributed by atoms with Crippen LogP contribution in [-0.4, -0.2) is 24.7 Å². The average molecular weight is 358 g/mol. The van der Waals surface area contributed by atoms with Gasteiger partial charge in [0.25, 0.3) is 0 Å². The van der Waals surface area contributed by atoms with Crippen molar-refractivity contribution in [3.8, 4) is 5.75 Å². The Hall–Kier alpha value is -0.200. The van der Waals surface area contributed by atoms with Gasteiger partial charge in [-0.25, -0.2) is 4.39 Å². The number of likely N-dealkylation sites (N-methyl/N-ethyl adjacent to an activating group) is 1. The molecule has 0 spiro atoms. The summed E-state index contributed by atoms with van der Waals surface area (Å²) in [6.07, 6.45) is 1.30. The van der Waals surface area contributed by atoms with Gasteiger partial charge in [0, 0.05) is 12.6 Å². The molecule has 16 heavy (non-hydrogen) atoms. The van der Waals surface area contributed by atoms with Gasteiger partial charge in [-0.15, -0.1) is 34.0 Å². The third-order valence-corrected chi connectivity index (χ3v) is 2.50. The van der Waals surface area contributed by atoms with Crippen molar-refractivity contribution in [3.05, 3.63) is 23.8 Å². The lowest BCUT2D eigenvalue weighted by atomic mass is 10.0. The highest BCUT2D eigenvalue weighted by Crippen LogP contribution is 2.36. The second-order valence-electron chi connectivity index (χ2n) is 3.52. The molecule has 0 aromatic carbocycles. The number of rotatable bonds is 2. The fraction of sp³-hybridized carbons (Fsp3) is 0.500. The van der Waals surface area contributed by atoms with E-state index < -0.39 is 0 Å². The van der Waals surface area contributed by atoms with Crippen LogP contribution < -0.4 is 10.1 Å². The fourth-order valence-electron chi connectivity index (χ4n) is 1.79. The molecule has 1 aliphatic heterocycles. The molecule has 2 rings (SSSR count). The first-order valence-electron chi connectivity index (χ1n) is 4.69. The Labute approximate surface area is 115 Å². The van der Waals surface area contributed by atoms with Crippen LogP contribution in [0, 0.1) is 5.82 Å². The van der Waals surface area contributed by atoms with Crippen LogP contribution in [0.3, 0.4) is 0 Å². The Balaban J connectivity index is 0.00000112. The Morgan fingerprint density at radius 3 is 2.81 bits per heavy atom. The van der Waals surface area contributed by atoms with Crippen molar-refractivity contribution in [3.63, 3.8) is 0 Å². The second kappa shape index (κ2) is 6.51. The topological polar surface area (TPSA) is 34.2 Å². The Bertz CT molecular complexity index is 352. The maximum absolute atomic E-state index is 12.8. The van der Waals surface area contributed by atoms with E-state index in [-0.39, 0.29) is 51.8 Å². The zero-order valence-corrected chi connectivity index (χ0v) is 12.5. The van der Waals surface area contributed by atoms with Crippen molar-refractivity contribution in [1.82, 2.24) is 10.3 Å². The monoisotopic (exact) mass is 356 g/mol. The molecule has 0 amide bonds. The Morgan fingerprint density at radius 2 is 2.19 bits per heavy atom. The van der Waals surface area contributed by atoms with Crippen molar-refractivity contribution < 1.29 is 9.13 Å². The summed E-state index contributed by atoms with van der Waals surface area (Å²) in [6.45, 7) is 2.77. The number of hydrogen-bond donors (Lipinski definition) is 1. The molecule has 2 heterocycles. The summed E-state index contributed by atoms with van der Waals surface area (Å²) in [5, 5.41) is 3.08. The van der Waals surface area contributed by atoms with Gasteiger partial charge in [0.15, 0.2) is 0 Å². The van der Waals surface area contributed by atoms with Crippen LogP contribution in [0.4, 0.5) is 4.39 Å². The summed E-state index contributed by atoms with van der Waals surface area (Å²) < 4.78 is 18.4. The first-order valence-corrected chi connectivity index (χ1v) is 4.69. The standard InChI is InChI=1S/C10H13FN2O.2BrH/c1-6-8(5-12-2)10-9(14-6)3-7(11)4-13-10;;/h3-4,6,8,12H,5H2,1-2H3;2*1H/t6-,8-;;/m1../s1. The molecule has 0 unspecified atom stereocenters. The van der Waals surface area contributed by atoms with Crippen molar-refractivity contribution in [1.29, 1.82) is 0 Å². The van der Waals surface area contributed by atoms with Crippen LogP contribution in [0.15, 0.2) is 12.3 Å². The molecule has 1 aliphatic rings. The normalized spacial score (nSPS) is 21.4. The molecular weight excluding hydrogens is 343 g/mol. The van der Waals surface area contributed by atoms with Gasteiger partial charge in [0.05, 0.1) is 17.8 Å². The van der Waals surface area contributed by atoms with E-state index in [1.807, 2.05) is 14.0 Å². The maximum Gasteiger partial charge on any atom is 0.145 e. The predicted molar refractivity (Wildman–Crippen MR) is 71.6 cm³/mol. The summed E-state index contributed by atoms with van der Waals surface area (Å²) in [4.78, 5) is 4.07. The Kier molecular flexibility index (Phi) is 6.43. The maximum atomic E-state index is 12.8. The van der Waals surface area contributed by atoms with Gasteiger partial charge in [0.2, 0.25) is 0 Å². The molecule has 3 nitrogen and oxygen atoms in total. The number of aromatic nitrogens is 1. The number of nitrogens with one attached hydrogen (secondary N) is 1. The van der Waals surface area contributed by atoms with Gasteiger partial charge in [-0.1, -0.05) is 0 Å². The van der Waals surface area contributed by atoms with Gasteiger partial charge in [-0.3, -0.25) is 4.98 Å². The summed E-state index contributed by atoms with van der Waals surface area (Å²) in [5.74, 6) is 0.453. The highest BCUT2D eigenvalue weighted by Gasteiger charge is 2.32. The van der Waals surface area contributed by atoms with Gasteiger partial charge >= 0.3 is 0 Å². The van der Waals surface area contributed by atoms with Gasteiger partial charge in [0.1, 0.15) is 17.7 Å². The average Bonchev–Trinajstić information content (AvgIpc) is 2.43. The van der Waals surface area contributed by atoms with E-state index in [2.05, 4.69) is 10.3 Å². The molecule has 92 valence electrons. The highest BCUT2D eigenvalue weighted by molar-refractivity contribution is 8.93. The van der Waals surface area contributed by atoms with Gasteiger partial charge in [-0.05, 0) is 14.0 Å². The number of pyridine rings is 1. The van der Waals surface area contributed by atoms with Crippen molar-refractivity contribution in [2.75, 3.05) is 13.6 Å². The number of hydrogen-bond acceptors (Lipinski definition) is 3. The van der Waals surface area contributed by atoms with Crippen LogP contribution in [-0.2, 0) is 0 Å². The first kappa shape index (κ1) is 15.8. The third-order valence-electron chi connectivity index (χ3n) is 2.50. The van der Waals surface area contributed by atoms with Crippen LogP contribution in [0.1, 0.15) is 18.5 Å². The molecule has 1 N–H and O–H groups in total. The first-order chi connectivity index (χ1) is 6.72. The molecule has 0 saturated heterocycles. The number of fused-ring (bicyclic) bond motifs is 1. The van der Waals surface area contributed by atoms with Crippen molar-refractivity contribution in [2.24, 2.45) is 0 Å². The molecule has 1 aromatic heterocycles. The molecule has 0 fully saturated rings. The van der Waals surface area contributed by atoms with Crippen molar-refractivity contribution >= 4 is 34.0 Å². The summed E-state index contributed by atoms with van der Waals surface area (Å²) >= 11 is 0. The van der Waals surface area contributed by atoms with E-state index in [0.29, 0.717) is 5.75 Å². The van der Waals surface area contributed by atoms with E-state index in [1.165, 1.54) is 12.3 Å². The lowest BCUT2D eigenvalue weighted by molar-refractivity contribution is 0.224. The molecule has 0 saturated carbocycles. The number of nitrogens with zero attached hydrogens (tertiary/aromatic N) is 1. The number of halogens is 3. The zero-order chi connectivity index (χ0) is 10.1. The van der Waals surface area contributed by atoms with Gasteiger partial charge in [-0.2, -0.15) is 0 Å². The quantitative estimate of drug-likeness (QED) is 0.882. The molecule has 0 radical (unpaired) electrons. The molecule has 6 heteroatoms. The Morgan fingerprint density at radius 1 is 1.50 bits per heavy atom. The molecule has 2 atom stereocenters. The minimum absolute atomic E-state index is 0.